The Morgan fingerprint density at radius 3 is 2.79 bits per heavy atom. The fourth-order valence-corrected chi connectivity index (χ4v) is 2.62. The monoisotopic (exact) mass is 329 g/mol. The minimum Gasteiger partial charge on any atom is -0.444 e. The number of carbonyl (C=O) groups is 1. The predicted molar refractivity (Wildman–Crippen MR) is 75.7 cm³/mol. The van der Waals surface area contributed by atoms with E-state index in [1.165, 1.54) is 0 Å². The number of nitrogens with one attached hydrogen (secondary N) is 1. The summed E-state index contributed by atoms with van der Waals surface area (Å²) in [6, 6.07) is -0.0313. The van der Waals surface area contributed by atoms with Gasteiger partial charge in [0.25, 0.3) is 0 Å². The lowest BCUT2D eigenvalue weighted by molar-refractivity contribution is 0.0214. The zero-order valence-electron chi connectivity index (χ0n) is 11.7. The topological polar surface area (TPSA) is 58.2 Å². The van der Waals surface area contributed by atoms with Crippen LogP contribution in [0, 0.1) is 5.92 Å². The van der Waals surface area contributed by atoms with E-state index in [1.54, 1.807) is 11.1 Å². The van der Waals surface area contributed by atoms with Gasteiger partial charge in [-0.3, -0.25) is 4.90 Å². The van der Waals surface area contributed by atoms with E-state index in [9.17, 15) is 4.79 Å². The van der Waals surface area contributed by atoms with Crippen molar-refractivity contribution in [2.45, 2.75) is 45.8 Å². The molecule has 6 heteroatoms. The average Bonchev–Trinajstić information content (AvgIpc) is 2.81. The van der Waals surface area contributed by atoms with Gasteiger partial charge in [-0.25, -0.2) is 9.78 Å². The minimum absolute atomic E-state index is 0.0313. The van der Waals surface area contributed by atoms with E-state index in [1.807, 2.05) is 20.8 Å². The summed E-state index contributed by atoms with van der Waals surface area (Å²) in [4.78, 5) is 21.5. The van der Waals surface area contributed by atoms with Gasteiger partial charge >= 0.3 is 6.09 Å². The van der Waals surface area contributed by atoms with E-state index in [4.69, 9.17) is 4.74 Å². The average molecular weight is 330 g/mol. The molecule has 1 aromatic rings. The standard InChI is InChI=1S/C13H20BrN3O2/c1-8-5-9(11-15-6-10(14)16-11)17(7-8)12(18)19-13(2,3)4/h6,8-9H,5,7H2,1-4H3,(H,15,16)/t8-,9?/m0/s1. The number of ether oxygens (including phenoxy) is 1. The molecule has 1 unspecified atom stereocenters. The number of H-pyrrole nitrogens is 1. The van der Waals surface area contributed by atoms with Crippen LogP contribution in [0.1, 0.15) is 46.0 Å². The summed E-state index contributed by atoms with van der Waals surface area (Å²) in [7, 11) is 0. The summed E-state index contributed by atoms with van der Waals surface area (Å²) in [5.41, 5.74) is -0.475. The van der Waals surface area contributed by atoms with E-state index in [0.29, 0.717) is 12.5 Å². The van der Waals surface area contributed by atoms with E-state index in [2.05, 4.69) is 32.8 Å². The zero-order valence-corrected chi connectivity index (χ0v) is 13.3. The van der Waals surface area contributed by atoms with Gasteiger partial charge in [0.2, 0.25) is 0 Å². The van der Waals surface area contributed by atoms with E-state index in [-0.39, 0.29) is 12.1 Å². The van der Waals surface area contributed by atoms with E-state index < -0.39 is 5.60 Å². The Balaban J connectivity index is 2.16. The van der Waals surface area contributed by atoms with Gasteiger partial charge < -0.3 is 9.72 Å². The summed E-state index contributed by atoms with van der Waals surface area (Å²) in [6.45, 7) is 8.47. The number of likely N-dealkylation sites (tertiary alicyclic amines) is 1. The van der Waals surface area contributed by atoms with Crippen molar-refractivity contribution in [2.75, 3.05) is 6.54 Å². The second-order valence-corrected chi connectivity index (χ2v) is 6.96. The molecule has 0 spiro atoms. The summed E-state index contributed by atoms with van der Waals surface area (Å²) in [5.74, 6) is 1.25. The normalized spacial score (nSPS) is 23.7. The number of carbonyl (C=O) groups excluding carboxylic acids is 1. The molecule has 1 aliphatic heterocycles. The second kappa shape index (κ2) is 5.15. The van der Waals surface area contributed by atoms with Crippen LogP contribution in [0.25, 0.3) is 0 Å². The SMILES string of the molecule is C[C@H]1CC(c2ncc(Br)[nH]2)N(C(=O)OC(C)(C)C)C1. The Labute approximate surface area is 121 Å². The molecule has 0 bridgehead atoms. The van der Waals surface area contributed by atoms with Crippen LogP contribution in [-0.2, 0) is 4.74 Å². The first-order valence-corrected chi connectivity index (χ1v) is 7.25. The highest BCUT2D eigenvalue weighted by Gasteiger charge is 2.38. The van der Waals surface area contributed by atoms with Crippen LogP contribution in [0.5, 0.6) is 0 Å². The summed E-state index contributed by atoms with van der Waals surface area (Å²) in [6.07, 6.45) is 2.35. The molecule has 5 nitrogen and oxygen atoms in total. The highest BCUT2D eigenvalue weighted by atomic mass is 79.9. The van der Waals surface area contributed by atoms with Gasteiger partial charge in [-0.1, -0.05) is 6.92 Å². The number of aromatic amines is 1. The number of aromatic nitrogens is 2. The maximum Gasteiger partial charge on any atom is 0.410 e. The molecule has 106 valence electrons. The Morgan fingerprint density at radius 2 is 2.26 bits per heavy atom. The van der Waals surface area contributed by atoms with Crippen LogP contribution in [-0.4, -0.2) is 33.1 Å². The number of hydrogen-bond acceptors (Lipinski definition) is 3. The van der Waals surface area contributed by atoms with Crippen LogP contribution >= 0.6 is 15.9 Å². The van der Waals surface area contributed by atoms with Gasteiger partial charge in [-0.05, 0) is 49.0 Å². The van der Waals surface area contributed by atoms with Gasteiger partial charge in [0.1, 0.15) is 16.0 Å². The number of amides is 1. The van der Waals surface area contributed by atoms with Crippen molar-refractivity contribution in [3.05, 3.63) is 16.6 Å². The fourth-order valence-electron chi connectivity index (χ4n) is 2.31. The fraction of sp³-hybridized carbons (Fsp3) is 0.692. The molecule has 0 radical (unpaired) electrons. The number of hydrogen-bond donors (Lipinski definition) is 1. The van der Waals surface area contributed by atoms with Gasteiger partial charge in [0.15, 0.2) is 0 Å². The molecular weight excluding hydrogens is 310 g/mol. The smallest absolute Gasteiger partial charge is 0.410 e. The van der Waals surface area contributed by atoms with E-state index in [0.717, 1.165) is 16.8 Å². The Kier molecular flexibility index (Phi) is 3.90. The second-order valence-electron chi connectivity index (χ2n) is 6.11. The van der Waals surface area contributed by atoms with Crippen molar-refractivity contribution in [2.24, 2.45) is 5.92 Å². The Morgan fingerprint density at radius 1 is 1.58 bits per heavy atom. The first-order valence-electron chi connectivity index (χ1n) is 6.46. The lowest BCUT2D eigenvalue weighted by Crippen LogP contribution is -2.37. The highest BCUT2D eigenvalue weighted by Crippen LogP contribution is 2.35. The van der Waals surface area contributed by atoms with Crippen LogP contribution < -0.4 is 0 Å². The van der Waals surface area contributed by atoms with Crippen molar-refractivity contribution in [1.82, 2.24) is 14.9 Å². The minimum atomic E-state index is -0.475. The number of halogens is 1. The molecule has 2 rings (SSSR count). The third-order valence-corrected chi connectivity index (χ3v) is 3.42. The molecule has 1 amide bonds. The van der Waals surface area contributed by atoms with Crippen molar-refractivity contribution in [1.29, 1.82) is 0 Å². The van der Waals surface area contributed by atoms with Crippen molar-refractivity contribution >= 4 is 22.0 Å². The van der Waals surface area contributed by atoms with Crippen molar-refractivity contribution in [3.63, 3.8) is 0 Å². The molecule has 0 aliphatic carbocycles. The summed E-state index contributed by atoms with van der Waals surface area (Å²) in [5, 5.41) is 0. The molecule has 0 aromatic carbocycles. The third kappa shape index (κ3) is 3.49. The first kappa shape index (κ1) is 14.4. The molecule has 1 aliphatic rings. The van der Waals surface area contributed by atoms with Gasteiger partial charge in [-0.2, -0.15) is 0 Å². The maximum absolute atomic E-state index is 12.2. The van der Waals surface area contributed by atoms with Crippen molar-refractivity contribution in [3.8, 4) is 0 Å². The largest absolute Gasteiger partial charge is 0.444 e. The summed E-state index contributed by atoms with van der Waals surface area (Å²) < 4.78 is 6.29. The first-order chi connectivity index (χ1) is 8.76. The number of imidazole rings is 1. The van der Waals surface area contributed by atoms with Crippen molar-refractivity contribution < 1.29 is 9.53 Å². The Hall–Kier alpha value is -1.04. The molecule has 1 aromatic heterocycles. The van der Waals surface area contributed by atoms with Crippen LogP contribution in [0.4, 0.5) is 4.79 Å². The molecule has 1 fully saturated rings. The predicted octanol–water partition coefficient (Wildman–Crippen LogP) is 3.49. The van der Waals surface area contributed by atoms with Crippen LogP contribution in [0.3, 0.4) is 0 Å². The van der Waals surface area contributed by atoms with Crippen LogP contribution in [0.2, 0.25) is 0 Å². The van der Waals surface area contributed by atoms with Gasteiger partial charge in [0, 0.05) is 6.54 Å². The number of nitrogens with zero attached hydrogens (tertiary/aromatic N) is 2. The number of rotatable bonds is 1. The molecule has 2 heterocycles. The molecule has 0 saturated carbocycles. The van der Waals surface area contributed by atoms with Crippen LogP contribution in [0.15, 0.2) is 10.8 Å². The third-order valence-electron chi connectivity index (χ3n) is 3.02. The Bertz CT molecular complexity index is 467. The van der Waals surface area contributed by atoms with Gasteiger partial charge in [-0.15, -0.1) is 0 Å². The maximum atomic E-state index is 12.2. The van der Waals surface area contributed by atoms with E-state index >= 15 is 0 Å². The lowest BCUT2D eigenvalue weighted by atomic mass is 10.1. The molecule has 19 heavy (non-hydrogen) atoms. The highest BCUT2D eigenvalue weighted by molar-refractivity contribution is 9.10. The molecular formula is C13H20BrN3O2. The molecule has 1 N–H and O–H groups in total. The van der Waals surface area contributed by atoms with Gasteiger partial charge in [0.05, 0.1) is 12.2 Å². The molecule has 1 saturated heterocycles. The lowest BCUT2D eigenvalue weighted by Gasteiger charge is -2.27. The molecule has 2 atom stereocenters. The zero-order chi connectivity index (χ0) is 14.2. The quantitative estimate of drug-likeness (QED) is 0.857. The summed E-state index contributed by atoms with van der Waals surface area (Å²) >= 11 is 3.35.